The highest BCUT2D eigenvalue weighted by atomic mass is 19.1. The van der Waals surface area contributed by atoms with Gasteiger partial charge in [0.2, 0.25) is 0 Å². The zero-order chi connectivity index (χ0) is 23.0. The van der Waals surface area contributed by atoms with Gasteiger partial charge in [-0.05, 0) is 17.7 Å². The van der Waals surface area contributed by atoms with E-state index in [0.717, 1.165) is 4.90 Å². The van der Waals surface area contributed by atoms with Crippen molar-refractivity contribution in [3.05, 3.63) is 42.1 Å². The molecule has 3 heterocycles. The Balaban J connectivity index is 1.79. The summed E-state index contributed by atoms with van der Waals surface area (Å²) in [6.07, 6.45) is 5.28. The number of nitrogen functional groups attached to an aromatic ring is 2. The van der Waals surface area contributed by atoms with Crippen LogP contribution >= 0.6 is 0 Å². The van der Waals surface area contributed by atoms with Gasteiger partial charge in [-0.2, -0.15) is 5.10 Å². The van der Waals surface area contributed by atoms with E-state index in [0.29, 0.717) is 22.3 Å². The van der Waals surface area contributed by atoms with Crippen LogP contribution in [-0.2, 0) is 11.3 Å². The summed E-state index contributed by atoms with van der Waals surface area (Å²) in [5, 5.41) is 5.27. The summed E-state index contributed by atoms with van der Waals surface area (Å²) in [6, 6.07) is 3.57. The Morgan fingerprint density at radius 3 is 2.72 bits per heavy atom. The minimum atomic E-state index is -1.11. The number of hydrogen-bond donors (Lipinski definition) is 2. The first-order chi connectivity index (χ1) is 15.3. The number of amides is 1. The smallest absolute Gasteiger partial charge is 0.413 e. The molecule has 0 radical (unpaired) electrons. The average Bonchev–Trinajstić information content (AvgIpc) is 3.14. The second kappa shape index (κ2) is 8.25. The quantitative estimate of drug-likeness (QED) is 0.634. The minimum Gasteiger partial charge on any atom is -0.452 e. The zero-order valence-corrected chi connectivity index (χ0v) is 17.9. The first-order valence-electron chi connectivity index (χ1n) is 9.89. The van der Waals surface area contributed by atoms with E-state index in [9.17, 15) is 9.18 Å². The SMILES string of the molecule is COC(=O)N(C)c1c(N)nc(-c2nn(CC3=CC=CC(C)C3F)c3ncccc23)nc1N. The molecule has 2 atom stereocenters. The van der Waals surface area contributed by atoms with Crippen LogP contribution in [0.3, 0.4) is 0 Å². The van der Waals surface area contributed by atoms with Crippen molar-refractivity contribution < 1.29 is 13.9 Å². The van der Waals surface area contributed by atoms with Gasteiger partial charge in [-0.3, -0.25) is 4.90 Å². The molecular formula is C21H23FN8O2. The molecule has 1 aliphatic rings. The van der Waals surface area contributed by atoms with Gasteiger partial charge in [-0.15, -0.1) is 0 Å². The molecule has 0 aliphatic heterocycles. The lowest BCUT2D eigenvalue weighted by Gasteiger charge is -2.20. The number of nitrogens with two attached hydrogens (primary N) is 2. The van der Waals surface area contributed by atoms with Crippen LogP contribution in [0.25, 0.3) is 22.6 Å². The lowest BCUT2D eigenvalue weighted by atomic mass is 9.94. The van der Waals surface area contributed by atoms with Gasteiger partial charge in [-0.1, -0.05) is 25.2 Å². The van der Waals surface area contributed by atoms with Gasteiger partial charge in [0, 0.05) is 19.2 Å². The highest BCUT2D eigenvalue weighted by Crippen LogP contribution is 2.32. The van der Waals surface area contributed by atoms with Gasteiger partial charge in [0.15, 0.2) is 23.1 Å². The summed E-state index contributed by atoms with van der Waals surface area (Å²) in [6.45, 7) is 2.04. The predicted octanol–water partition coefficient (Wildman–Crippen LogP) is 2.73. The number of allylic oxidation sites excluding steroid dienone is 4. The Bertz CT molecular complexity index is 1230. The number of ether oxygens (including phenoxy) is 1. The van der Waals surface area contributed by atoms with E-state index >= 15 is 0 Å². The molecule has 3 aromatic rings. The van der Waals surface area contributed by atoms with Gasteiger partial charge < -0.3 is 16.2 Å². The second-order valence-corrected chi connectivity index (χ2v) is 7.46. The molecule has 0 spiro atoms. The second-order valence-electron chi connectivity index (χ2n) is 7.46. The Hall–Kier alpha value is -4.02. The number of alkyl halides is 1. The molecule has 10 nitrogen and oxygen atoms in total. The maximum absolute atomic E-state index is 14.7. The molecule has 3 aromatic heterocycles. The molecule has 0 aromatic carbocycles. The molecule has 1 amide bonds. The summed E-state index contributed by atoms with van der Waals surface area (Å²) in [5.74, 6) is -0.0671. The minimum absolute atomic E-state index is 0.00948. The number of rotatable bonds is 4. The van der Waals surface area contributed by atoms with E-state index in [-0.39, 0.29) is 35.6 Å². The van der Waals surface area contributed by atoms with Gasteiger partial charge in [0.25, 0.3) is 0 Å². The van der Waals surface area contributed by atoms with E-state index in [1.807, 2.05) is 25.1 Å². The van der Waals surface area contributed by atoms with Crippen molar-refractivity contribution in [2.24, 2.45) is 5.92 Å². The molecule has 0 saturated carbocycles. The fraction of sp³-hybridized carbons (Fsp3) is 0.286. The molecule has 166 valence electrons. The number of carbonyl (C=O) groups excluding carboxylic acids is 1. The van der Waals surface area contributed by atoms with Crippen molar-refractivity contribution >= 4 is 34.4 Å². The number of pyridine rings is 1. The third-order valence-corrected chi connectivity index (χ3v) is 5.31. The number of anilines is 3. The Morgan fingerprint density at radius 1 is 1.31 bits per heavy atom. The topological polar surface area (TPSA) is 138 Å². The van der Waals surface area contributed by atoms with E-state index in [2.05, 4.69) is 20.1 Å². The van der Waals surface area contributed by atoms with Crippen molar-refractivity contribution in [3.8, 4) is 11.5 Å². The molecule has 0 bridgehead atoms. The van der Waals surface area contributed by atoms with Crippen LogP contribution in [0.4, 0.5) is 26.5 Å². The predicted molar refractivity (Wildman–Crippen MR) is 119 cm³/mol. The van der Waals surface area contributed by atoms with E-state index in [1.165, 1.54) is 14.2 Å². The Morgan fingerprint density at radius 2 is 2.03 bits per heavy atom. The van der Waals surface area contributed by atoms with Crippen LogP contribution in [0.1, 0.15) is 6.92 Å². The molecule has 11 heteroatoms. The van der Waals surface area contributed by atoms with Crippen LogP contribution in [0.5, 0.6) is 0 Å². The first-order valence-corrected chi connectivity index (χ1v) is 9.89. The monoisotopic (exact) mass is 438 g/mol. The third kappa shape index (κ3) is 3.61. The number of aromatic nitrogens is 5. The number of hydrogen-bond acceptors (Lipinski definition) is 8. The molecule has 32 heavy (non-hydrogen) atoms. The fourth-order valence-corrected chi connectivity index (χ4v) is 3.65. The van der Waals surface area contributed by atoms with Crippen LogP contribution in [0.2, 0.25) is 0 Å². The summed E-state index contributed by atoms with van der Waals surface area (Å²) in [7, 11) is 2.69. The van der Waals surface area contributed by atoms with Gasteiger partial charge in [0.05, 0.1) is 19.0 Å². The van der Waals surface area contributed by atoms with Gasteiger partial charge in [0.1, 0.15) is 17.6 Å². The Kier molecular flexibility index (Phi) is 5.47. The van der Waals surface area contributed by atoms with Crippen LogP contribution < -0.4 is 16.4 Å². The summed E-state index contributed by atoms with van der Waals surface area (Å²) in [4.78, 5) is 26.0. The molecular weight excluding hydrogens is 415 g/mol. The number of carbonyl (C=O) groups is 1. The molecule has 4 N–H and O–H groups in total. The largest absolute Gasteiger partial charge is 0.452 e. The van der Waals surface area contributed by atoms with E-state index in [1.54, 1.807) is 23.0 Å². The summed E-state index contributed by atoms with van der Waals surface area (Å²) >= 11 is 0. The Labute approximate surface area is 183 Å². The summed E-state index contributed by atoms with van der Waals surface area (Å²) < 4.78 is 21.0. The standard InChI is InChI=1S/C21H23FN8O2/c1-11-6-4-7-12(14(11)22)10-30-20-13(8-5-9-25-20)15(28-30)19-26-17(23)16(18(24)27-19)29(2)21(31)32-3/h4-9,11,14H,10H2,1-3H3,(H4,23,24,26,27). The number of nitrogens with zero attached hydrogens (tertiary/aromatic N) is 6. The van der Waals surface area contributed by atoms with Crippen molar-refractivity contribution in [2.45, 2.75) is 19.6 Å². The average molecular weight is 438 g/mol. The van der Waals surface area contributed by atoms with Crippen LogP contribution in [-0.4, -0.2) is 51.2 Å². The van der Waals surface area contributed by atoms with E-state index < -0.39 is 12.3 Å². The zero-order valence-electron chi connectivity index (χ0n) is 17.9. The molecule has 4 rings (SSSR count). The number of halogens is 1. The first kappa shape index (κ1) is 21.2. The fourth-order valence-electron chi connectivity index (χ4n) is 3.65. The normalized spacial score (nSPS) is 17.9. The molecule has 1 aliphatic carbocycles. The molecule has 0 saturated heterocycles. The number of fused-ring (bicyclic) bond motifs is 1. The van der Waals surface area contributed by atoms with Crippen LogP contribution in [0.15, 0.2) is 42.1 Å². The van der Waals surface area contributed by atoms with Gasteiger partial charge in [-0.25, -0.2) is 28.8 Å². The van der Waals surface area contributed by atoms with Crippen LogP contribution in [0, 0.1) is 5.92 Å². The third-order valence-electron chi connectivity index (χ3n) is 5.31. The highest BCUT2D eigenvalue weighted by Gasteiger charge is 2.25. The molecule has 2 unspecified atom stereocenters. The van der Waals surface area contributed by atoms with Gasteiger partial charge >= 0.3 is 6.09 Å². The lowest BCUT2D eigenvalue weighted by Crippen LogP contribution is -2.28. The number of methoxy groups -OCH3 is 1. The maximum Gasteiger partial charge on any atom is 0.413 e. The maximum atomic E-state index is 14.7. The van der Waals surface area contributed by atoms with Crippen molar-refractivity contribution in [3.63, 3.8) is 0 Å². The molecule has 0 fully saturated rings. The van der Waals surface area contributed by atoms with Crippen molar-refractivity contribution in [1.82, 2.24) is 24.7 Å². The van der Waals surface area contributed by atoms with Crippen molar-refractivity contribution in [1.29, 1.82) is 0 Å². The highest BCUT2D eigenvalue weighted by molar-refractivity contribution is 5.96. The van der Waals surface area contributed by atoms with E-state index in [4.69, 9.17) is 16.2 Å². The summed E-state index contributed by atoms with van der Waals surface area (Å²) in [5.41, 5.74) is 13.9. The van der Waals surface area contributed by atoms with Crippen molar-refractivity contribution in [2.75, 3.05) is 30.5 Å². The lowest BCUT2D eigenvalue weighted by molar-refractivity contribution is 0.180.